The summed E-state index contributed by atoms with van der Waals surface area (Å²) in [6.07, 6.45) is 3.11. The van der Waals surface area contributed by atoms with Crippen molar-refractivity contribution in [3.63, 3.8) is 0 Å². The third kappa shape index (κ3) is 2.72. The van der Waals surface area contributed by atoms with Gasteiger partial charge in [0.05, 0.1) is 11.9 Å². The first kappa shape index (κ1) is 12.0. The van der Waals surface area contributed by atoms with Gasteiger partial charge >= 0.3 is 12.0 Å². The lowest BCUT2D eigenvalue weighted by molar-refractivity contribution is -0.141. The molecule has 7 nitrogen and oxygen atoms in total. The highest BCUT2D eigenvalue weighted by Gasteiger charge is 2.21. The average molecular weight is 226 g/mol. The van der Waals surface area contributed by atoms with E-state index in [2.05, 4.69) is 10.4 Å². The highest BCUT2D eigenvalue weighted by Crippen LogP contribution is 2.06. The summed E-state index contributed by atoms with van der Waals surface area (Å²) in [5.74, 6) is -1.05. The lowest BCUT2D eigenvalue weighted by Crippen LogP contribution is -2.42. The molecule has 1 atom stereocenters. The number of urea groups is 1. The van der Waals surface area contributed by atoms with Gasteiger partial charge in [-0.25, -0.2) is 9.59 Å². The fraction of sp³-hybridized carbons (Fsp3) is 0.444. The molecule has 16 heavy (non-hydrogen) atoms. The van der Waals surface area contributed by atoms with Crippen molar-refractivity contribution in [1.29, 1.82) is 0 Å². The predicted octanol–water partition coefficient (Wildman–Crippen LogP) is 0.357. The first-order valence-corrected chi connectivity index (χ1v) is 4.67. The van der Waals surface area contributed by atoms with E-state index in [0.29, 0.717) is 5.69 Å². The van der Waals surface area contributed by atoms with Crippen LogP contribution in [-0.2, 0) is 11.8 Å². The maximum absolute atomic E-state index is 11.6. The van der Waals surface area contributed by atoms with E-state index in [4.69, 9.17) is 5.11 Å². The topological polar surface area (TPSA) is 87.5 Å². The average Bonchev–Trinajstić information content (AvgIpc) is 2.61. The lowest BCUT2D eigenvalue weighted by Gasteiger charge is -2.21. The molecule has 2 N–H and O–H groups in total. The van der Waals surface area contributed by atoms with Gasteiger partial charge in [0.25, 0.3) is 0 Å². The molecule has 0 saturated heterocycles. The second-order valence-electron chi connectivity index (χ2n) is 3.46. The molecule has 1 aromatic heterocycles. The number of carboxylic acids is 1. The smallest absolute Gasteiger partial charge is 0.326 e. The zero-order valence-corrected chi connectivity index (χ0v) is 9.34. The molecule has 0 aliphatic rings. The van der Waals surface area contributed by atoms with Crippen molar-refractivity contribution >= 4 is 17.7 Å². The number of aromatic nitrogens is 2. The Morgan fingerprint density at radius 3 is 2.69 bits per heavy atom. The standard InChI is InChI=1S/C9H14N4O3/c1-6(8(14)15)13(3)9(16)11-7-4-10-12(2)5-7/h4-6H,1-3H3,(H,11,16)(H,14,15). The van der Waals surface area contributed by atoms with Gasteiger partial charge in [0.2, 0.25) is 0 Å². The highest BCUT2D eigenvalue weighted by molar-refractivity contribution is 5.91. The van der Waals surface area contributed by atoms with Gasteiger partial charge in [-0.1, -0.05) is 0 Å². The molecule has 0 fully saturated rings. The van der Waals surface area contributed by atoms with Crippen molar-refractivity contribution in [2.45, 2.75) is 13.0 Å². The van der Waals surface area contributed by atoms with Gasteiger partial charge in [0.1, 0.15) is 6.04 Å². The number of amides is 2. The minimum absolute atomic E-state index is 0.483. The largest absolute Gasteiger partial charge is 0.480 e. The maximum Gasteiger partial charge on any atom is 0.326 e. The molecule has 1 unspecified atom stereocenters. The van der Waals surface area contributed by atoms with E-state index in [9.17, 15) is 9.59 Å². The van der Waals surface area contributed by atoms with Gasteiger partial charge in [-0.2, -0.15) is 5.10 Å². The zero-order chi connectivity index (χ0) is 12.3. The Bertz CT molecular complexity index is 401. The number of aryl methyl sites for hydroxylation is 1. The Kier molecular flexibility index (Phi) is 3.49. The van der Waals surface area contributed by atoms with Gasteiger partial charge in [-0.05, 0) is 6.92 Å². The van der Waals surface area contributed by atoms with Crippen LogP contribution in [0.3, 0.4) is 0 Å². The van der Waals surface area contributed by atoms with Crippen LogP contribution in [0, 0.1) is 0 Å². The van der Waals surface area contributed by atoms with Crippen LogP contribution in [0.1, 0.15) is 6.92 Å². The number of anilines is 1. The fourth-order valence-corrected chi connectivity index (χ4v) is 1.04. The number of rotatable bonds is 3. The van der Waals surface area contributed by atoms with E-state index in [1.54, 1.807) is 13.2 Å². The Morgan fingerprint density at radius 1 is 1.62 bits per heavy atom. The Labute approximate surface area is 92.7 Å². The third-order valence-corrected chi connectivity index (χ3v) is 2.21. The number of carbonyl (C=O) groups is 2. The Morgan fingerprint density at radius 2 is 2.25 bits per heavy atom. The van der Waals surface area contributed by atoms with Crippen molar-refractivity contribution in [2.24, 2.45) is 7.05 Å². The SMILES string of the molecule is CC(C(=O)O)N(C)C(=O)Nc1cnn(C)c1. The maximum atomic E-state index is 11.6. The number of nitrogens with zero attached hydrogens (tertiary/aromatic N) is 3. The molecule has 1 aromatic rings. The molecule has 0 aromatic carbocycles. The van der Waals surface area contributed by atoms with Crippen LogP contribution in [0.4, 0.5) is 10.5 Å². The molecule has 0 spiro atoms. The van der Waals surface area contributed by atoms with Crippen molar-refractivity contribution in [1.82, 2.24) is 14.7 Å². The normalized spacial score (nSPS) is 11.9. The van der Waals surface area contributed by atoms with E-state index in [-0.39, 0.29) is 0 Å². The van der Waals surface area contributed by atoms with Gasteiger partial charge in [-0.15, -0.1) is 0 Å². The molecule has 0 aliphatic carbocycles. The van der Waals surface area contributed by atoms with E-state index >= 15 is 0 Å². The Hall–Kier alpha value is -2.05. The summed E-state index contributed by atoms with van der Waals surface area (Å²) in [5.41, 5.74) is 0.525. The second-order valence-corrected chi connectivity index (χ2v) is 3.46. The van der Waals surface area contributed by atoms with Gasteiger partial charge in [0, 0.05) is 20.3 Å². The molecule has 2 amide bonds. The molecular weight excluding hydrogens is 212 g/mol. The molecule has 0 saturated carbocycles. The fourth-order valence-electron chi connectivity index (χ4n) is 1.04. The molecule has 0 radical (unpaired) electrons. The molecular formula is C9H14N4O3. The number of carbonyl (C=O) groups excluding carboxylic acids is 1. The van der Waals surface area contributed by atoms with Crippen LogP contribution in [0.25, 0.3) is 0 Å². The zero-order valence-electron chi connectivity index (χ0n) is 9.34. The molecule has 88 valence electrons. The van der Waals surface area contributed by atoms with Crippen LogP contribution < -0.4 is 5.32 Å². The van der Waals surface area contributed by atoms with Crippen molar-refractivity contribution in [3.05, 3.63) is 12.4 Å². The number of nitrogens with one attached hydrogen (secondary N) is 1. The van der Waals surface area contributed by atoms with Crippen LogP contribution in [0.5, 0.6) is 0 Å². The monoisotopic (exact) mass is 226 g/mol. The van der Waals surface area contributed by atoms with Gasteiger partial charge in [-0.3, -0.25) is 4.68 Å². The summed E-state index contributed by atoms with van der Waals surface area (Å²) >= 11 is 0. The van der Waals surface area contributed by atoms with E-state index in [1.807, 2.05) is 0 Å². The van der Waals surface area contributed by atoms with Gasteiger partial charge < -0.3 is 15.3 Å². The van der Waals surface area contributed by atoms with E-state index in [1.165, 1.54) is 24.9 Å². The van der Waals surface area contributed by atoms with Crippen molar-refractivity contribution in [3.8, 4) is 0 Å². The van der Waals surface area contributed by atoms with E-state index in [0.717, 1.165) is 4.90 Å². The number of likely N-dealkylation sites (N-methyl/N-ethyl adjacent to an activating group) is 1. The molecule has 0 aliphatic heterocycles. The third-order valence-electron chi connectivity index (χ3n) is 2.21. The van der Waals surface area contributed by atoms with Crippen LogP contribution in [-0.4, -0.2) is 44.9 Å². The number of carboxylic acid groups (broad SMARTS) is 1. The number of hydrogen-bond acceptors (Lipinski definition) is 3. The highest BCUT2D eigenvalue weighted by atomic mass is 16.4. The lowest BCUT2D eigenvalue weighted by atomic mass is 10.3. The molecule has 7 heteroatoms. The molecule has 1 heterocycles. The summed E-state index contributed by atoms with van der Waals surface area (Å²) in [6, 6.07) is -1.36. The minimum Gasteiger partial charge on any atom is -0.480 e. The summed E-state index contributed by atoms with van der Waals surface area (Å²) < 4.78 is 1.54. The van der Waals surface area contributed by atoms with Crippen molar-refractivity contribution < 1.29 is 14.7 Å². The predicted molar refractivity (Wildman–Crippen MR) is 57.1 cm³/mol. The molecule has 0 bridgehead atoms. The van der Waals surface area contributed by atoms with Gasteiger partial charge in [0.15, 0.2) is 0 Å². The van der Waals surface area contributed by atoms with Crippen molar-refractivity contribution in [2.75, 3.05) is 12.4 Å². The summed E-state index contributed by atoms with van der Waals surface area (Å²) in [7, 11) is 3.14. The first-order chi connectivity index (χ1) is 7.41. The van der Waals surface area contributed by atoms with Crippen LogP contribution >= 0.6 is 0 Å². The second kappa shape index (κ2) is 4.65. The quantitative estimate of drug-likeness (QED) is 0.778. The summed E-state index contributed by atoms with van der Waals surface area (Å²) in [5, 5.41) is 15.1. The Balaban J connectivity index is 2.62. The summed E-state index contributed by atoms with van der Waals surface area (Å²) in [6.45, 7) is 1.44. The van der Waals surface area contributed by atoms with Crippen LogP contribution in [0.15, 0.2) is 12.4 Å². The number of hydrogen-bond donors (Lipinski definition) is 2. The van der Waals surface area contributed by atoms with Crippen LogP contribution in [0.2, 0.25) is 0 Å². The summed E-state index contributed by atoms with van der Waals surface area (Å²) in [4.78, 5) is 23.4. The first-order valence-electron chi connectivity index (χ1n) is 4.67. The van der Waals surface area contributed by atoms with E-state index < -0.39 is 18.0 Å². The number of aliphatic carboxylic acids is 1. The minimum atomic E-state index is -1.05. The molecule has 1 rings (SSSR count).